The number of ether oxygens (including phenoxy) is 2. The maximum atomic E-state index is 5.28. The molecule has 4 rings (SSSR count). The van der Waals surface area contributed by atoms with Gasteiger partial charge in [0.05, 0.1) is 31.6 Å². The summed E-state index contributed by atoms with van der Waals surface area (Å²) in [4.78, 5) is 13.3. The molecule has 0 aliphatic heterocycles. The molecule has 0 unspecified atom stereocenters. The third-order valence-corrected chi connectivity index (χ3v) is 5.44. The monoisotopic (exact) mass is 436 g/mol. The van der Waals surface area contributed by atoms with E-state index in [0.29, 0.717) is 25.5 Å². The summed E-state index contributed by atoms with van der Waals surface area (Å²) in [6.07, 6.45) is 4.48. The van der Waals surface area contributed by atoms with Crippen molar-refractivity contribution in [3.05, 3.63) is 65.1 Å². The maximum absolute atomic E-state index is 5.28. The van der Waals surface area contributed by atoms with E-state index in [1.807, 2.05) is 53.5 Å². The largest absolute Gasteiger partial charge is 0.497 e. The zero-order valence-corrected chi connectivity index (χ0v) is 18.5. The molecular weight excluding hydrogens is 412 g/mol. The molecule has 4 aromatic rings. The molecule has 3 aromatic heterocycles. The van der Waals surface area contributed by atoms with Gasteiger partial charge in [0.1, 0.15) is 5.75 Å². The first-order valence-electron chi connectivity index (χ1n) is 9.85. The molecule has 0 aliphatic rings. The molecule has 31 heavy (non-hydrogen) atoms. The first-order valence-corrected chi connectivity index (χ1v) is 10.7. The molecule has 0 saturated heterocycles. The third kappa shape index (κ3) is 5.25. The van der Waals surface area contributed by atoms with Gasteiger partial charge < -0.3 is 14.8 Å². The van der Waals surface area contributed by atoms with Crippen LogP contribution in [0.25, 0.3) is 11.3 Å². The van der Waals surface area contributed by atoms with Gasteiger partial charge in [0.25, 0.3) is 0 Å². The van der Waals surface area contributed by atoms with Crippen LogP contribution in [-0.4, -0.2) is 45.6 Å². The van der Waals surface area contributed by atoms with Gasteiger partial charge in [-0.05, 0) is 30.7 Å². The SMILES string of the molecule is COCCc1nn(Cc2ccc(OC)cc2)cc1-c1csc(Nc2nccc(C)n2)n1. The van der Waals surface area contributed by atoms with Crippen LogP contribution in [-0.2, 0) is 17.7 Å². The van der Waals surface area contributed by atoms with Crippen molar-refractivity contribution in [2.45, 2.75) is 19.9 Å². The number of hydrogen-bond donors (Lipinski definition) is 1. The predicted molar refractivity (Wildman–Crippen MR) is 121 cm³/mol. The van der Waals surface area contributed by atoms with Crippen LogP contribution in [0.1, 0.15) is 17.0 Å². The third-order valence-electron chi connectivity index (χ3n) is 4.68. The Hall–Kier alpha value is -3.30. The van der Waals surface area contributed by atoms with Gasteiger partial charge in [0.2, 0.25) is 5.95 Å². The van der Waals surface area contributed by atoms with Crippen molar-refractivity contribution < 1.29 is 9.47 Å². The predicted octanol–water partition coefficient (Wildman–Crippen LogP) is 4.09. The molecular formula is C22H24N6O2S. The van der Waals surface area contributed by atoms with E-state index in [1.54, 1.807) is 20.4 Å². The van der Waals surface area contributed by atoms with Crippen LogP contribution in [0.5, 0.6) is 5.75 Å². The van der Waals surface area contributed by atoms with E-state index in [9.17, 15) is 0 Å². The summed E-state index contributed by atoms with van der Waals surface area (Å²) in [7, 11) is 3.36. The summed E-state index contributed by atoms with van der Waals surface area (Å²) in [6, 6.07) is 9.86. The Morgan fingerprint density at radius 2 is 1.94 bits per heavy atom. The zero-order valence-electron chi connectivity index (χ0n) is 17.7. The van der Waals surface area contributed by atoms with Crippen LogP contribution < -0.4 is 10.1 Å². The number of rotatable bonds is 9. The number of nitrogens with zero attached hydrogens (tertiary/aromatic N) is 5. The molecule has 0 aliphatic carbocycles. The van der Waals surface area contributed by atoms with E-state index in [-0.39, 0.29) is 0 Å². The van der Waals surface area contributed by atoms with Gasteiger partial charge in [-0.25, -0.2) is 15.0 Å². The molecule has 0 spiro atoms. The second-order valence-corrected chi connectivity index (χ2v) is 7.82. The summed E-state index contributed by atoms with van der Waals surface area (Å²) < 4.78 is 12.5. The lowest BCUT2D eigenvalue weighted by Gasteiger charge is -2.04. The lowest BCUT2D eigenvalue weighted by Crippen LogP contribution is -2.02. The molecule has 0 radical (unpaired) electrons. The second kappa shape index (κ2) is 9.67. The van der Waals surface area contributed by atoms with Crippen molar-refractivity contribution in [2.75, 3.05) is 26.1 Å². The fourth-order valence-electron chi connectivity index (χ4n) is 3.12. The number of methoxy groups -OCH3 is 2. The van der Waals surface area contributed by atoms with Crippen molar-refractivity contribution in [1.82, 2.24) is 24.7 Å². The second-order valence-electron chi connectivity index (χ2n) is 6.96. The molecule has 9 heteroatoms. The summed E-state index contributed by atoms with van der Waals surface area (Å²) >= 11 is 1.51. The summed E-state index contributed by atoms with van der Waals surface area (Å²) in [5.41, 5.74) is 4.87. The first-order chi connectivity index (χ1) is 15.1. The first kappa shape index (κ1) is 21.0. The van der Waals surface area contributed by atoms with E-state index in [4.69, 9.17) is 19.6 Å². The summed E-state index contributed by atoms with van der Waals surface area (Å²) in [5, 5.41) is 10.7. The minimum Gasteiger partial charge on any atom is -0.497 e. The molecule has 0 atom stereocenters. The van der Waals surface area contributed by atoms with Crippen LogP contribution in [0.4, 0.5) is 11.1 Å². The van der Waals surface area contributed by atoms with Gasteiger partial charge >= 0.3 is 0 Å². The van der Waals surface area contributed by atoms with Crippen LogP contribution in [0.15, 0.2) is 48.1 Å². The average molecular weight is 437 g/mol. The molecule has 8 nitrogen and oxygen atoms in total. The Morgan fingerprint density at radius 1 is 1.10 bits per heavy atom. The van der Waals surface area contributed by atoms with Crippen molar-refractivity contribution in [3.8, 4) is 17.0 Å². The number of anilines is 2. The van der Waals surface area contributed by atoms with E-state index in [2.05, 4.69) is 15.3 Å². The number of aromatic nitrogens is 5. The van der Waals surface area contributed by atoms with E-state index < -0.39 is 0 Å². The minimum absolute atomic E-state index is 0.538. The highest BCUT2D eigenvalue weighted by atomic mass is 32.1. The highest BCUT2D eigenvalue weighted by Crippen LogP contribution is 2.29. The Morgan fingerprint density at radius 3 is 2.68 bits per heavy atom. The highest BCUT2D eigenvalue weighted by molar-refractivity contribution is 7.14. The Balaban J connectivity index is 1.56. The van der Waals surface area contributed by atoms with Crippen molar-refractivity contribution in [2.24, 2.45) is 0 Å². The molecule has 0 bridgehead atoms. The van der Waals surface area contributed by atoms with E-state index >= 15 is 0 Å². The van der Waals surface area contributed by atoms with Gasteiger partial charge in [-0.2, -0.15) is 5.10 Å². The van der Waals surface area contributed by atoms with E-state index in [1.165, 1.54) is 11.3 Å². The van der Waals surface area contributed by atoms with Gasteiger partial charge in [-0.1, -0.05) is 12.1 Å². The molecule has 3 heterocycles. The van der Waals surface area contributed by atoms with Gasteiger partial charge in [0, 0.05) is 42.6 Å². The molecule has 0 saturated carbocycles. The number of thiazole rings is 1. The number of nitrogens with one attached hydrogen (secondary N) is 1. The van der Waals surface area contributed by atoms with E-state index in [0.717, 1.165) is 39.1 Å². The van der Waals surface area contributed by atoms with Gasteiger partial charge in [-0.15, -0.1) is 11.3 Å². The standard InChI is InChI=1S/C22H24N6O2S/c1-15-8-10-23-21(24-15)26-22-25-20(14-31-22)18-13-28(27-19(18)9-11-29-2)12-16-4-6-17(30-3)7-5-16/h4-8,10,13-14H,9,11-12H2,1-3H3,(H,23,24,25,26). The number of aryl methyl sites for hydroxylation is 1. The quantitative estimate of drug-likeness (QED) is 0.423. The average Bonchev–Trinajstić information content (AvgIpc) is 3.39. The summed E-state index contributed by atoms with van der Waals surface area (Å²) in [6.45, 7) is 3.19. The van der Waals surface area contributed by atoms with Crippen LogP contribution >= 0.6 is 11.3 Å². The summed E-state index contributed by atoms with van der Waals surface area (Å²) in [5.74, 6) is 1.38. The van der Waals surface area contributed by atoms with Crippen LogP contribution in [0.2, 0.25) is 0 Å². The molecule has 0 amide bonds. The Bertz CT molecular complexity index is 1140. The highest BCUT2D eigenvalue weighted by Gasteiger charge is 2.15. The number of benzene rings is 1. The van der Waals surface area contributed by atoms with Crippen LogP contribution in [0, 0.1) is 6.92 Å². The molecule has 160 valence electrons. The lowest BCUT2D eigenvalue weighted by molar-refractivity contribution is 0.201. The molecule has 1 aromatic carbocycles. The fraction of sp³-hybridized carbons (Fsp3) is 0.273. The topological polar surface area (TPSA) is 87.0 Å². The maximum Gasteiger partial charge on any atom is 0.229 e. The number of hydrogen-bond acceptors (Lipinski definition) is 8. The smallest absolute Gasteiger partial charge is 0.229 e. The van der Waals surface area contributed by atoms with Crippen molar-refractivity contribution in [1.29, 1.82) is 0 Å². The Kier molecular flexibility index (Phi) is 6.54. The van der Waals surface area contributed by atoms with Crippen molar-refractivity contribution in [3.63, 3.8) is 0 Å². The normalized spacial score (nSPS) is 10.9. The molecule has 0 fully saturated rings. The minimum atomic E-state index is 0.538. The van der Waals surface area contributed by atoms with Crippen LogP contribution in [0.3, 0.4) is 0 Å². The van der Waals surface area contributed by atoms with Crippen molar-refractivity contribution >= 4 is 22.4 Å². The zero-order chi connectivity index (χ0) is 21.6. The van der Waals surface area contributed by atoms with Gasteiger partial charge in [0.15, 0.2) is 5.13 Å². The lowest BCUT2D eigenvalue weighted by atomic mass is 10.1. The fourth-order valence-corrected chi connectivity index (χ4v) is 3.82. The Labute approximate surface area is 184 Å². The molecule has 1 N–H and O–H groups in total. The van der Waals surface area contributed by atoms with Gasteiger partial charge in [-0.3, -0.25) is 4.68 Å².